The first kappa shape index (κ1) is 9.34. The molecule has 1 fully saturated rings. The molecule has 0 spiro atoms. The summed E-state index contributed by atoms with van der Waals surface area (Å²) in [6.45, 7) is -0.0398. The van der Waals surface area contributed by atoms with Gasteiger partial charge in [0.2, 0.25) is 0 Å². The van der Waals surface area contributed by atoms with Crippen molar-refractivity contribution in [1.29, 1.82) is 0 Å². The second-order valence-corrected chi connectivity index (χ2v) is 2.85. The van der Waals surface area contributed by atoms with E-state index in [9.17, 15) is 13.6 Å². The van der Waals surface area contributed by atoms with E-state index < -0.39 is 24.4 Å². The predicted molar refractivity (Wildman–Crippen MR) is 36.3 cm³/mol. The van der Waals surface area contributed by atoms with Gasteiger partial charge in [0.05, 0.1) is 6.61 Å². The van der Waals surface area contributed by atoms with Crippen LogP contribution in [0.2, 0.25) is 0 Å². The van der Waals surface area contributed by atoms with Gasteiger partial charge in [-0.2, -0.15) is 0 Å². The molecule has 0 aromatic carbocycles. The molecule has 1 heterocycles. The summed E-state index contributed by atoms with van der Waals surface area (Å²) in [5, 5.41) is 0.616. The van der Waals surface area contributed by atoms with E-state index in [2.05, 4.69) is 4.84 Å². The van der Waals surface area contributed by atoms with Crippen LogP contribution >= 0.6 is 0 Å². The van der Waals surface area contributed by atoms with Gasteiger partial charge in [0.1, 0.15) is 12.6 Å². The third-order valence-electron chi connectivity index (χ3n) is 1.39. The molecule has 0 bridgehead atoms. The standard InChI is InChI=1S/C6H10F2N2O2/c1-6(7,8)3-10-5(11)4(9)2-12-10/h4H,2-3,9H2,1H3. The predicted octanol–water partition coefficient (Wildman–Crippen LogP) is -0.257. The van der Waals surface area contributed by atoms with Crippen LogP contribution in [0.5, 0.6) is 0 Å². The van der Waals surface area contributed by atoms with Crippen molar-refractivity contribution in [2.24, 2.45) is 5.73 Å². The average molecular weight is 180 g/mol. The zero-order chi connectivity index (χ0) is 9.35. The first-order chi connectivity index (χ1) is 5.40. The van der Waals surface area contributed by atoms with E-state index in [1.807, 2.05) is 0 Å². The van der Waals surface area contributed by atoms with Gasteiger partial charge >= 0.3 is 0 Å². The summed E-state index contributed by atoms with van der Waals surface area (Å²) in [5.74, 6) is -3.53. The Balaban J connectivity index is 2.50. The fourth-order valence-corrected chi connectivity index (χ4v) is 0.866. The molecule has 12 heavy (non-hydrogen) atoms. The number of amides is 1. The number of nitrogens with two attached hydrogens (primary N) is 1. The Bertz CT molecular complexity index is 192. The van der Waals surface area contributed by atoms with E-state index >= 15 is 0 Å². The molecular weight excluding hydrogens is 170 g/mol. The summed E-state index contributed by atoms with van der Waals surface area (Å²) < 4.78 is 24.7. The van der Waals surface area contributed by atoms with Crippen LogP contribution in [-0.4, -0.2) is 36.1 Å². The van der Waals surface area contributed by atoms with Crippen molar-refractivity contribution in [2.45, 2.75) is 18.9 Å². The van der Waals surface area contributed by atoms with Crippen LogP contribution in [0.4, 0.5) is 8.78 Å². The quantitative estimate of drug-likeness (QED) is 0.637. The Labute approximate surface area is 68.2 Å². The van der Waals surface area contributed by atoms with Crippen molar-refractivity contribution in [3.8, 4) is 0 Å². The summed E-state index contributed by atoms with van der Waals surface area (Å²) in [4.78, 5) is 15.6. The molecule has 1 rings (SSSR count). The van der Waals surface area contributed by atoms with Gasteiger partial charge in [0.25, 0.3) is 11.8 Å². The number of alkyl halides is 2. The molecule has 6 heteroatoms. The number of rotatable bonds is 2. The summed E-state index contributed by atoms with van der Waals surface area (Å²) >= 11 is 0. The minimum atomic E-state index is -2.94. The SMILES string of the molecule is CC(F)(F)CN1OCC(N)C1=O. The number of halogens is 2. The number of hydroxylamine groups is 2. The van der Waals surface area contributed by atoms with E-state index in [1.54, 1.807) is 0 Å². The lowest BCUT2D eigenvalue weighted by Gasteiger charge is -2.18. The van der Waals surface area contributed by atoms with Crippen molar-refractivity contribution in [2.75, 3.05) is 13.2 Å². The van der Waals surface area contributed by atoms with Crippen LogP contribution in [0.25, 0.3) is 0 Å². The fraction of sp³-hybridized carbons (Fsp3) is 0.833. The van der Waals surface area contributed by atoms with E-state index in [0.29, 0.717) is 12.0 Å². The van der Waals surface area contributed by atoms with Gasteiger partial charge in [-0.05, 0) is 0 Å². The largest absolute Gasteiger partial charge is 0.318 e. The van der Waals surface area contributed by atoms with Crippen LogP contribution in [0, 0.1) is 0 Å². The Morgan fingerprint density at radius 2 is 2.42 bits per heavy atom. The van der Waals surface area contributed by atoms with Gasteiger partial charge in [0, 0.05) is 6.92 Å². The Kier molecular flexibility index (Phi) is 2.29. The average Bonchev–Trinajstić information content (AvgIpc) is 2.16. The fourth-order valence-electron chi connectivity index (χ4n) is 0.866. The molecular formula is C6H10F2N2O2. The van der Waals surface area contributed by atoms with Crippen LogP contribution in [0.15, 0.2) is 0 Å². The molecule has 4 nitrogen and oxygen atoms in total. The molecule has 1 saturated heterocycles. The van der Waals surface area contributed by atoms with Crippen molar-refractivity contribution in [3.63, 3.8) is 0 Å². The highest BCUT2D eigenvalue weighted by Crippen LogP contribution is 2.17. The first-order valence-electron chi connectivity index (χ1n) is 3.48. The minimum absolute atomic E-state index is 0.0189. The molecule has 1 aliphatic rings. The number of hydrogen-bond donors (Lipinski definition) is 1. The van der Waals surface area contributed by atoms with Gasteiger partial charge < -0.3 is 5.73 Å². The molecule has 0 aliphatic carbocycles. The van der Waals surface area contributed by atoms with Gasteiger partial charge in [-0.15, -0.1) is 0 Å². The third-order valence-corrected chi connectivity index (χ3v) is 1.39. The number of hydrogen-bond acceptors (Lipinski definition) is 3. The summed E-state index contributed by atoms with van der Waals surface area (Å²) in [6.07, 6.45) is 0. The van der Waals surface area contributed by atoms with Crippen LogP contribution in [0.3, 0.4) is 0 Å². The highest BCUT2D eigenvalue weighted by atomic mass is 19.3. The molecule has 1 aliphatic heterocycles. The maximum atomic E-state index is 12.4. The molecule has 1 atom stereocenters. The summed E-state index contributed by atoms with van der Waals surface area (Å²) in [6, 6.07) is -0.799. The van der Waals surface area contributed by atoms with Crippen molar-refractivity contribution in [3.05, 3.63) is 0 Å². The van der Waals surface area contributed by atoms with E-state index in [1.165, 1.54) is 0 Å². The maximum absolute atomic E-state index is 12.4. The lowest BCUT2D eigenvalue weighted by atomic mass is 10.3. The summed E-state index contributed by atoms with van der Waals surface area (Å²) in [7, 11) is 0. The second-order valence-electron chi connectivity index (χ2n) is 2.85. The smallest absolute Gasteiger partial charge is 0.265 e. The monoisotopic (exact) mass is 180 g/mol. The zero-order valence-electron chi connectivity index (χ0n) is 6.59. The highest BCUT2D eigenvalue weighted by Gasteiger charge is 2.36. The Hall–Kier alpha value is -0.750. The van der Waals surface area contributed by atoms with Gasteiger partial charge in [0.15, 0.2) is 0 Å². The van der Waals surface area contributed by atoms with E-state index in [0.717, 1.165) is 0 Å². The van der Waals surface area contributed by atoms with Crippen LogP contribution < -0.4 is 5.73 Å². The molecule has 0 aromatic heterocycles. The highest BCUT2D eigenvalue weighted by molar-refractivity contribution is 5.82. The molecule has 0 radical (unpaired) electrons. The molecule has 0 aromatic rings. The number of carbonyl (C=O) groups excluding carboxylic acids is 1. The number of nitrogens with zero attached hydrogens (tertiary/aromatic N) is 1. The molecule has 70 valence electrons. The molecule has 0 saturated carbocycles. The van der Waals surface area contributed by atoms with E-state index in [-0.39, 0.29) is 6.61 Å². The molecule has 1 unspecified atom stereocenters. The van der Waals surface area contributed by atoms with Gasteiger partial charge in [-0.25, -0.2) is 13.8 Å². The zero-order valence-corrected chi connectivity index (χ0v) is 6.59. The van der Waals surface area contributed by atoms with Crippen molar-refractivity contribution < 1.29 is 18.4 Å². The summed E-state index contributed by atoms with van der Waals surface area (Å²) in [5.41, 5.74) is 5.23. The van der Waals surface area contributed by atoms with Crippen molar-refractivity contribution >= 4 is 5.91 Å². The minimum Gasteiger partial charge on any atom is -0.318 e. The topological polar surface area (TPSA) is 55.6 Å². The lowest BCUT2D eigenvalue weighted by molar-refractivity contribution is -0.180. The molecule has 1 amide bonds. The van der Waals surface area contributed by atoms with E-state index in [4.69, 9.17) is 5.73 Å². The van der Waals surface area contributed by atoms with Crippen LogP contribution in [0.1, 0.15) is 6.92 Å². The normalized spacial score (nSPS) is 25.2. The number of carbonyl (C=O) groups is 1. The second kappa shape index (κ2) is 2.95. The van der Waals surface area contributed by atoms with Crippen molar-refractivity contribution in [1.82, 2.24) is 5.06 Å². The Morgan fingerprint density at radius 3 is 2.75 bits per heavy atom. The Morgan fingerprint density at radius 1 is 1.83 bits per heavy atom. The lowest BCUT2D eigenvalue weighted by Crippen LogP contribution is -2.39. The van der Waals surface area contributed by atoms with Gasteiger partial charge in [-0.3, -0.25) is 9.63 Å². The van der Waals surface area contributed by atoms with Gasteiger partial charge in [-0.1, -0.05) is 0 Å². The first-order valence-corrected chi connectivity index (χ1v) is 3.48. The molecule has 2 N–H and O–H groups in total. The van der Waals surface area contributed by atoms with Crippen LogP contribution in [-0.2, 0) is 9.63 Å². The maximum Gasteiger partial charge on any atom is 0.265 e. The third kappa shape index (κ3) is 2.12.